The molecule has 6 heteroatoms. The molecule has 1 unspecified atom stereocenters. The fourth-order valence-electron chi connectivity index (χ4n) is 3.46. The SMILES string of the molecule is COC1(C(=O)NC2CCN(c3cccc(Cl)c3)C2)CCNCC1. The van der Waals surface area contributed by atoms with Gasteiger partial charge in [-0.2, -0.15) is 0 Å². The number of methoxy groups -OCH3 is 1. The van der Waals surface area contributed by atoms with Gasteiger partial charge in [0.1, 0.15) is 5.60 Å². The normalized spacial score (nSPS) is 23.7. The molecule has 0 aliphatic carbocycles. The Labute approximate surface area is 142 Å². The second-order valence-corrected chi connectivity index (χ2v) is 6.77. The lowest BCUT2D eigenvalue weighted by Gasteiger charge is -2.35. The minimum absolute atomic E-state index is 0.0273. The number of halogens is 1. The molecule has 2 N–H and O–H groups in total. The maximum Gasteiger partial charge on any atom is 0.252 e. The molecule has 1 aromatic rings. The van der Waals surface area contributed by atoms with Gasteiger partial charge in [0.05, 0.1) is 0 Å². The lowest BCUT2D eigenvalue weighted by atomic mass is 9.90. The van der Waals surface area contributed by atoms with Crippen molar-refractivity contribution in [3.63, 3.8) is 0 Å². The minimum atomic E-state index is -0.672. The molecule has 1 atom stereocenters. The van der Waals surface area contributed by atoms with Crippen molar-refractivity contribution >= 4 is 23.2 Å². The van der Waals surface area contributed by atoms with Gasteiger partial charge in [-0.05, 0) is 50.6 Å². The molecular weight excluding hydrogens is 314 g/mol. The van der Waals surface area contributed by atoms with Crippen LogP contribution >= 0.6 is 11.6 Å². The zero-order chi connectivity index (χ0) is 16.3. The lowest BCUT2D eigenvalue weighted by molar-refractivity contribution is -0.147. The summed E-state index contributed by atoms with van der Waals surface area (Å²) in [6.45, 7) is 3.37. The second kappa shape index (κ2) is 7.07. The molecule has 1 aromatic carbocycles. The van der Waals surface area contributed by atoms with Gasteiger partial charge >= 0.3 is 0 Å². The molecule has 0 saturated carbocycles. The maximum atomic E-state index is 12.7. The number of rotatable bonds is 4. The van der Waals surface area contributed by atoms with Gasteiger partial charge in [0.2, 0.25) is 0 Å². The van der Waals surface area contributed by atoms with E-state index < -0.39 is 5.60 Å². The van der Waals surface area contributed by atoms with E-state index in [-0.39, 0.29) is 11.9 Å². The third-order valence-electron chi connectivity index (χ3n) is 4.91. The van der Waals surface area contributed by atoms with Crippen LogP contribution in [-0.2, 0) is 9.53 Å². The zero-order valence-corrected chi connectivity index (χ0v) is 14.2. The van der Waals surface area contributed by atoms with Crippen LogP contribution in [0.4, 0.5) is 5.69 Å². The van der Waals surface area contributed by atoms with E-state index in [1.807, 2.05) is 18.2 Å². The third-order valence-corrected chi connectivity index (χ3v) is 5.15. The van der Waals surface area contributed by atoms with Crippen LogP contribution in [0.1, 0.15) is 19.3 Å². The standard InChI is InChI=1S/C17H24ClN3O2/c1-23-17(6-8-19-9-7-17)16(22)20-14-5-10-21(12-14)15-4-2-3-13(18)11-15/h2-4,11,14,19H,5-10,12H2,1H3,(H,20,22). The van der Waals surface area contributed by atoms with Gasteiger partial charge in [-0.25, -0.2) is 0 Å². The Morgan fingerprint density at radius 3 is 2.91 bits per heavy atom. The summed E-state index contributed by atoms with van der Waals surface area (Å²) in [5.41, 5.74) is 0.437. The summed E-state index contributed by atoms with van der Waals surface area (Å²) in [5, 5.41) is 7.20. The van der Waals surface area contributed by atoms with Gasteiger partial charge in [0.25, 0.3) is 5.91 Å². The number of nitrogens with zero attached hydrogens (tertiary/aromatic N) is 1. The van der Waals surface area contributed by atoms with Crippen LogP contribution in [0.15, 0.2) is 24.3 Å². The van der Waals surface area contributed by atoms with Crippen molar-refractivity contribution in [3.8, 4) is 0 Å². The van der Waals surface area contributed by atoms with E-state index in [1.54, 1.807) is 7.11 Å². The highest BCUT2D eigenvalue weighted by atomic mass is 35.5. The predicted octanol–water partition coefficient (Wildman–Crippen LogP) is 1.80. The number of carbonyl (C=O) groups is 1. The molecule has 3 rings (SSSR count). The van der Waals surface area contributed by atoms with Crippen molar-refractivity contribution < 1.29 is 9.53 Å². The molecule has 2 fully saturated rings. The van der Waals surface area contributed by atoms with E-state index >= 15 is 0 Å². The average molecular weight is 338 g/mol. The van der Waals surface area contributed by atoms with Crippen molar-refractivity contribution in [2.75, 3.05) is 38.2 Å². The van der Waals surface area contributed by atoms with Crippen LogP contribution in [-0.4, -0.2) is 50.8 Å². The van der Waals surface area contributed by atoms with E-state index in [9.17, 15) is 4.79 Å². The summed E-state index contributed by atoms with van der Waals surface area (Å²) in [6, 6.07) is 8.01. The smallest absolute Gasteiger partial charge is 0.252 e. The van der Waals surface area contributed by atoms with Gasteiger partial charge < -0.3 is 20.3 Å². The molecule has 2 saturated heterocycles. The number of benzene rings is 1. The zero-order valence-electron chi connectivity index (χ0n) is 13.5. The lowest BCUT2D eigenvalue weighted by Crippen LogP contribution is -2.56. The Morgan fingerprint density at radius 1 is 1.43 bits per heavy atom. The highest BCUT2D eigenvalue weighted by Gasteiger charge is 2.41. The summed E-state index contributed by atoms with van der Waals surface area (Å²) in [5.74, 6) is 0.0273. The number of hydrogen-bond acceptors (Lipinski definition) is 4. The first-order valence-electron chi connectivity index (χ1n) is 8.20. The van der Waals surface area contributed by atoms with E-state index in [0.29, 0.717) is 0 Å². The number of nitrogens with one attached hydrogen (secondary N) is 2. The van der Waals surface area contributed by atoms with Crippen LogP contribution < -0.4 is 15.5 Å². The monoisotopic (exact) mass is 337 g/mol. The second-order valence-electron chi connectivity index (χ2n) is 6.33. The van der Waals surface area contributed by atoms with E-state index in [1.165, 1.54) is 0 Å². The van der Waals surface area contributed by atoms with Crippen molar-refractivity contribution in [3.05, 3.63) is 29.3 Å². The summed E-state index contributed by atoms with van der Waals surface area (Å²) in [6.07, 6.45) is 2.39. The quantitative estimate of drug-likeness (QED) is 0.879. The van der Waals surface area contributed by atoms with E-state index in [0.717, 1.165) is 56.2 Å². The number of ether oxygens (including phenoxy) is 1. The third kappa shape index (κ3) is 3.62. The van der Waals surface area contributed by atoms with Crippen LogP contribution in [0.25, 0.3) is 0 Å². The van der Waals surface area contributed by atoms with Gasteiger partial charge in [0.15, 0.2) is 0 Å². The molecule has 0 spiro atoms. The highest BCUT2D eigenvalue weighted by Crippen LogP contribution is 2.26. The molecule has 5 nitrogen and oxygen atoms in total. The van der Waals surface area contributed by atoms with Crippen LogP contribution in [0.3, 0.4) is 0 Å². The Balaban J connectivity index is 1.60. The fraction of sp³-hybridized carbons (Fsp3) is 0.588. The summed E-state index contributed by atoms with van der Waals surface area (Å²) in [4.78, 5) is 15.0. The summed E-state index contributed by atoms with van der Waals surface area (Å²) in [7, 11) is 1.64. The van der Waals surface area contributed by atoms with Gasteiger partial charge in [-0.1, -0.05) is 17.7 Å². The molecule has 2 aliphatic rings. The minimum Gasteiger partial charge on any atom is -0.369 e. The van der Waals surface area contributed by atoms with Crippen molar-refractivity contribution in [1.82, 2.24) is 10.6 Å². The van der Waals surface area contributed by atoms with Crippen molar-refractivity contribution in [2.45, 2.75) is 30.9 Å². The van der Waals surface area contributed by atoms with Crippen molar-refractivity contribution in [2.24, 2.45) is 0 Å². The number of amides is 1. The molecule has 0 radical (unpaired) electrons. The first-order valence-corrected chi connectivity index (χ1v) is 8.58. The van der Waals surface area contributed by atoms with Crippen LogP contribution in [0, 0.1) is 0 Å². The molecule has 0 bridgehead atoms. The van der Waals surface area contributed by atoms with Crippen molar-refractivity contribution in [1.29, 1.82) is 0 Å². The average Bonchev–Trinajstić information content (AvgIpc) is 3.04. The Hall–Kier alpha value is -1.30. The van der Waals surface area contributed by atoms with E-state index in [2.05, 4.69) is 21.6 Å². The first kappa shape index (κ1) is 16.6. The molecule has 23 heavy (non-hydrogen) atoms. The van der Waals surface area contributed by atoms with Gasteiger partial charge in [-0.15, -0.1) is 0 Å². The predicted molar refractivity (Wildman–Crippen MR) is 92.1 cm³/mol. The molecular formula is C17H24ClN3O2. The highest BCUT2D eigenvalue weighted by molar-refractivity contribution is 6.30. The van der Waals surface area contributed by atoms with Crippen LogP contribution in [0.2, 0.25) is 5.02 Å². The molecule has 2 heterocycles. The number of anilines is 1. The topological polar surface area (TPSA) is 53.6 Å². The number of piperidine rings is 1. The van der Waals surface area contributed by atoms with Crippen LogP contribution in [0.5, 0.6) is 0 Å². The first-order chi connectivity index (χ1) is 11.1. The Morgan fingerprint density at radius 2 is 2.22 bits per heavy atom. The largest absolute Gasteiger partial charge is 0.369 e. The molecule has 126 valence electrons. The molecule has 2 aliphatic heterocycles. The Kier molecular flexibility index (Phi) is 5.09. The number of carbonyl (C=O) groups excluding carboxylic acids is 1. The number of hydrogen-bond donors (Lipinski definition) is 2. The molecule has 0 aromatic heterocycles. The van der Waals surface area contributed by atoms with Gasteiger partial charge in [0, 0.05) is 37.0 Å². The molecule has 1 amide bonds. The fourth-order valence-corrected chi connectivity index (χ4v) is 3.64. The summed E-state index contributed by atoms with van der Waals surface area (Å²) < 4.78 is 5.59. The maximum absolute atomic E-state index is 12.7. The Bertz CT molecular complexity index is 561. The van der Waals surface area contributed by atoms with E-state index in [4.69, 9.17) is 16.3 Å². The summed E-state index contributed by atoms with van der Waals surface area (Å²) >= 11 is 6.06. The van der Waals surface area contributed by atoms with Gasteiger partial charge in [-0.3, -0.25) is 4.79 Å².